The molecule has 2 bridgehead atoms. The first kappa shape index (κ1) is 10.4. The standard InChI is InChI=1S/C18H12O2/c19-17-14-9-13(10-5-1-2-6-11(10)14)16-12-7-3-4-8-15(12)20-18(16)17/h1-8,13-14H,9H2. The van der Waals surface area contributed by atoms with Crippen LogP contribution in [0, 0.1) is 0 Å². The van der Waals surface area contributed by atoms with Crippen molar-refractivity contribution in [2.75, 3.05) is 0 Å². The van der Waals surface area contributed by atoms with Gasteiger partial charge in [0.2, 0.25) is 5.78 Å². The Labute approximate surface area is 116 Å². The summed E-state index contributed by atoms with van der Waals surface area (Å²) in [4.78, 5) is 12.7. The highest BCUT2D eigenvalue weighted by molar-refractivity contribution is 6.07. The van der Waals surface area contributed by atoms with E-state index in [0.29, 0.717) is 11.7 Å². The molecule has 2 nitrogen and oxygen atoms in total. The molecule has 1 aromatic heterocycles. The van der Waals surface area contributed by atoms with Gasteiger partial charge in [0.15, 0.2) is 5.76 Å². The number of carbonyl (C=O) groups is 1. The predicted molar refractivity (Wildman–Crippen MR) is 76.2 cm³/mol. The lowest BCUT2D eigenvalue weighted by Crippen LogP contribution is -2.16. The number of Topliss-reactive ketones (excluding diaryl/α,β-unsaturated/α-hetero) is 1. The monoisotopic (exact) mass is 260 g/mol. The van der Waals surface area contributed by atoms with Gasteiger partial charge in [-0.3, -0.25) is 4.79 Å². The van der Waals surface area contributed by atoms with Gasteiger partial charge in [0.05, 0.1) is 5.92 Å². The minimum absolute atomic E-state index is 0.00994. The number of benzene rings is 2. The van der Waals surface area contributed by atoms with Gasteiger partial charge >= 0.3 is 0 Å². The first-order valence-electron chi connectivity index (χ1n) is 6.99. The number of fused-ring (bicyclic) bond motifs is 9. The van der Waals surface area contributed by atoms with Gasteiger partial charge in [0.25, 0.3) is 0 Å². The smallest absolute Gasteiger partial charge is 0.205 e. The second kappa shape index (κ2) is 3.40. The largest absolute Gasteiger partial charge is 0.453 e. The number of furan rings is 1. The number of carbonyl (C=O) groups excluding carboxylic acids is 1. The third-order valence-corrected chi connectivity index (χ3v) is 4.74. The molecule has 2 unspecified atom stereocenters. The molecular formula is C18H12O2. The average Bonchev–Trinajstić information content (AvgIpc) is 3.03. The van der Waals surface area contributed by atoms with E-state index in [4.69, 9.17) is 4.42 Å². The molecule has 1 heterocycles. The van der Waals surface area contributed by atoms with E-state index in [-0.39, 0.29) is 11.7 Å². The normalized spacial score (nSPS) is 22.9. The molecule has 0 spiro atoms. The van der Waals surface area contributed by atoms with Crippen LogP contribution in [0.2, 0.25) is 0 Å². The Morgan fingerprint density at radius 2 is 1.60 bits per heavy atom. The first-order chi connectivity index (χ1) is 9.84. The van der Waals surface area contributed by atoms with Crippen molar-refractivity contribution >= 4 is 16.8 Å². The summed E-state index contributed by atoms with van der Waals surface area (Å²) in [5.74, 6) is 1.04. The molecule has 96 valence electrons. The van der Waals surface area contributed by atoms with Gasteiger partial charge in [-0.05, 0) is 23.6 Å². The van der Waals surface area contributed by atoms with E-state index < -0.39 is 0 Å². The maximum absolute atomic E-state index is 12.7. The summed E-state index contributed by atoms with van der Waals surface area (Å²) >= 11 is 0. The average molecular weight is 260 g/mol. The number of hydrogen-bond donors (Lipinski definition) is 0. The van der Waals surface area contributed by atoms with E-state index in [2.05, 4.69) is 24.3 Å². The third kappa shape index (κ3) is 1.08. The summed E-state index contributed by atoms with van der Waals surface area (Å²) in [5, 5.41) is 1.09. The van der Waals surface area contributed by atoms with Crippen LogP contribution in [0.25, 0.3) is 11.0 Å². The highest BCUT2D eigenvalue weighted by atomic mass is 16.3. The Bertz CT molecular complexity index is 872. The van der Waals surface area contributed by atoms with Crippen LogP contribution in [-0.2, 0) is 0 Å². The topological polar surface area (TPSA) is 30.2 Å². The SMILES string of the molecule is O=C1c2oc3ccccc3c2C2CC1c1ccccc12. The molecular weight excluding hydrogens is 248 g/mol. The maximum atomic E-state index is 12.7. The van der Waals surface area contributed by atoms with Crippen molar-refractivity contribution in [1.29, 1.82) is 0 Å². The summed E-state index contributed by atoms with van der Waals surface area (Å²) in [6, 6.07) is 16.3. The summed E-state index contributed by atoms with van der Waals surface area (Å²) in [5.41, 5.74) is 4.43. The number of para-hydroxylation sites is 1. The number of rotatable bonds is 0. The lowest BCUT2D eigenvalue weighted by atomic mass is 9.83. The number of hydrogen-bond acceptors (Lipinski definition) is 2. The number of ketones is 1. The van der Waals surface area contributed by atoms with Crippen LogP contribution in [0.5, 0.6) is 0 Å². The summed E-state index contributed by atoms with van der Waals surface area (Å²) < 4.78 is 5.87. The summed E-state index contributed by atoms with van der Waals surface area (Å²) in [6.07, 6.45) is 0.898. The molecule has 2 aliphatic carbocycles. The minimum Gasteiger partial charge on any atom is -0.453 e. The fourth-order valence-corrected chi connectivity index (χ4v) is 3.91. The fourth-order valence-electron chi connectivity index (χ4n) is 3.91. The fraction of sp³-hybridized carbons (Fsp3) is 0.167. The van der Waals surface area contributed by atoms with E-state index in [9.17, 15) is 4.79 Å². The van der Waals surface area contributed by atoms with Crippen LogP contribution in [0.15, 0.2) is 52.9 Å². The lowest BCUT2D eigenvalue weighted by Gasteiger charge is -2.17. The second-order valence-corrected chi connectivity index (χ2v) is 5.68. The molecule has 0 fully saturated rings. The van der Waals surface area contributed by atoms with Gasteiger partial charge in [0, 0.05) is 16.9 Å². The van der Waals surface area contributed by atoms with Crippen LogP contribution < -0.4 is 0 Å². The van der Waals surface area contributed by atoms with Crippen LogP contribution in [0.1, 0.15) is 45.5 Å². The Kier molecular flexibility index (Phi) is 1.77. The zero-order chi connectivity index (χ0) is 13.3. The van der Waals surface area contributed by atoms with Gasteiger partial charge in [-0.15, -0.1) is 0 Å². The minimum atomic E-state index is -0.00994. The van der Waals surface area contributed by atoms with Crippen molar-refractivity contribution in [3.05, 3.63) is 71.0 Å². The Morgan fingerprint density at radius 3 is 2.45 bits per heavy atom. The molecule has 0 aliphatic heterocycles. The van der Waals surface area contributed by atoms with Crippen molar-refractivity contribution in [2.45, 2.75) is 18.3 Å². The molecule has 20 heavy (non-hydrogen) atoms. The summed E-state index contributed by atoms with van der Waals surface area (Å²) in [7, 11) is 0. The zero-order valence-corrected chi connectivity index (χ0v) is 10.8. The van der Waals surface area contributed by atoms with Crippen molar-refractivity contribution in [3.63, 3.8) is 0 Å². The van der Waals surface area contributed by atoms with E-state index in [1.54, 1.807) is 0 Å². The van der Waals surface area contributed by atoms with E-state index in [1.807, 2.05) is 24.3 Å². The first-order valence-corrected chi connectivity index (χ1v) is 6.99. The molecule has 2 aliphatic rings. The summed E-state index contributed by atoms with van der Waals surface area (Å²) in [6.45, 7) is 0. The third-order valence-electron chi connectivity index (χ3n) is 4.74. The molecule has 0 amide bonds. The molecule has 0 saturated heterocycles. The van der Waals surface area contributed by atoms with Crippen LogP contribution >= 0.6 is 0 Å². The van der Waals surface area contributed by atoms with Gasteiger partial charge in [-0.1, -0.05) is 42.5 Å². The van der Waals surface area contributed by atoms with Gasteiger partial charge < -0.3 is 4.42 Å². The molecule has 0 saturated carbocycles. The second-order valence-electron chi connectivity index (χ2n) is 5.68. The Hall–Kier alpha value is -2.35. The molecule has 0 N–H and O–H groups in total. The maximum Gasteiger partial charge on any atom is 0.205 e. The van der Waals surface area contributed by atoms with Crippen molar-refractivity contribution in [3.8, 4) is 0 Å². The molecule has 2 atom stereocenters. The van der Waals surface area contributed by atoms with Crippen molar-refractivity contribution in [2.24, 2.45) is 0 Å². The van der Waals surface area contributed by atoms with Crippen LogP contribution in [-0.4, -0.2) is 5.78 Å². The van der Waals surface area contributed by atoms with Crippen molar-refractivity contribution in [1.82, 2.24) is 0 Å². The van der Waals surface area contributed by atoms with E-state index in [0.717, 1.165) is 23.0 Å². The Balaban J connectivity index is 1.90. The van der Waals surface area contributed by atoms with Gasteiger partial charge in [-0.25, -0.2) is 0 Å². The van der Waals surface area contributed by atoms with Crippen molar-refractivity contribution < 1.29 is 9.21 Å². The molecule has 2 aromatic carbocycles. The highest BCUT2D eigenvalue weighted by Crippen LogP contribution is 2.53. The molecule has 3 aromatic rings. The molecule has 2 heteroatoms. The predicted octanol–water partition coefficient (Wildman–Crippen LogP) is 4.25. The van der Waals surface area contributed by atoms with Crippen LogP contribution in [0.3, 0.4) is 0 Å². The molecule has 5 rings (SSSR count). The van der Waals surface area contributed by atoms with E-state index >= 15 is 0 Å². The highest BCUT2D eigenvalue weighted by Gasteiger charge is 2.45. The van der Waals surface area contributed by atoms with Crippen LogP contribution in [0.4, 0.5) is 0 Å². The zero-order valence-electron chi connectivity index (χ0n) is 10.8. The quantitative estimate of drug-likeness (QED) is 0.605. The molecule has 0 radical (unpaired) electrons. The van der Waals surface area contributed by atoms with Gasteiger partial charge in [0.1, 0.15) is 5.58 Å². The van der Waals surface area contributed by atoms with E-state index in [1.165, 1.54) is 11.1 Å². The Morgan fingerprint density at radius 1 is 0.900 bits per heavy atom. The van der Waals surface area contributed by atoms with Gasteiger partial charge in [-0.2, -0.15) is 0 Å². The lowest BCUT2D eigenvalue weighted by molar-refractivity contribution is 0.0922.